The highest BCUT2D eigenvalue weighted by Crippen LogP contribution is 2.08. The van der Waals surface area contributed by atoms with Crippen molar-refractivity contribution in [2.24, 2.45) is 0 Å². The molecule has 0 saturated heterocycles. The summed E-state index contributed by atoms with van der Waals surface area (Å²) in [7, 11) is 0. The maximum absolute atomic E-state index is 12.1. The van der Waals surface area contributed by atoms with Crippen LogP contribution in [0.2, 0.25) is 0 Å². The van der Waals surface area contributed by atoms with Crippen molar-refractivity contribution in [3.63, 3.8) is 0 Å². The van der Waals surface area contributed by atoms with Crippen molar-refractivity contribution in [1.29, 1.82) is 0 Å². The van der Waals surface area contributed by atoms with Crippen LogP contribution < -0.4 is 5.32 Å². The van der Waals surface area contributed by atoms with Crippen LogP contribution in [0, 0.1) is 0 Å². The summed E-state index contributed by atoms with van der Waals surface area (Å²) in [4.78, 5) is 11.0. The van der Waals surface area contributed by atoms with E-state index in [1.807, 2.05) is 5.32 Å². The number of nitrogens with one attached hydrogen (secondary N) is 1. The van der Waals surface area contributed by atoms with Gasteiger partial charge < -0.3 is 15.2 Å². The lowest BCUT2D eigenvalue weighted by molar-refractivity contribution is 0.0277. The Bertz CT molecular complexity index is 192. The molecule has 0 rings (SSSR count). The van der Waals surface area contributed by atoms with E-state index in [-0.39, 0.29) is 0 Å². The number of ether oxygens (including phenoxy) is 1. The first-order chi connectivity index (χ1) is 6.26. The molecular weight excluding hydrogens is 196 g/mol. The van der Waals surface area contributed by atoms with E-state index in [1.54, 1.807) is 20.8 Å². The summed E-state index contributed by atoms with van der Waals surface area (Å²) in [6.07, 6.45) is -3.77. The lowest BCUT2D eigenvalue weighted by atomic mass is 10.2. The first-order valence-corrected chi connectivity index (χ1v) is 4.15. The summed E-state index contributed by atoms with van der Waals surface area (Å²) >= 11 is 0. The number of carbonyl (C=O) groups is 1. The molecule has 0 saturated carbocycles. The Kier molecular flexibility index (Phi) is 4.76. The zero-order valence-corrected chi connectivity index (χ0v) is 8.38. The fourth-order valence-corrected chi connectivity index (χ4v) is 0.647. The summed E-state index contributed by atoms with van der Waals surface area (Å²) in [6.45, 7) is 4.02. The molecule has 0 aromatic carbocycles. The second-order valence-electron chi connectivity index (χ2n) is 3.77. The molecule has 0 spiro atoms. The molecule has 4 nitrogen and oxygen atoms in total. The Balaban J connectivity index is 4.04. The highest BCUT2D eigenvalue weighted by atomic mass is 19.3. The van der Waals surface area contributed by atoms with Crippen LogP contribution >= 0.6 is 0 Å². The molecule has 0 bridgehead atoms. The van der Waals surface area contributed by atoms with Crippen LogP contribution in [-0.4, -0.2) is 35.9 Å². The van der Waals surface area contributed by atoms with E-state index in [0.717, 1.165) is 0 Å². The van der Waals surface area contributed by atoms with Crippen molar-refractivity contribution >= 4 is 6.09 Å². The monoisotopic (exact) mass is 211 g/mol. The molecule has 0 aliphatic rings. The SMILES string of the molecule is CC(C)(C)OC(=O)NC(CO)C(F)F. The zero-order valence-electron chi connectivity index (χ0n) is 8.38. The molecule has 84 valence electrons. The number of carbonyl (C=O) groups excluding carboxylic acids is 1. The van der Waals surface area contributed by atoms with Gasteiger partial charge in [-0.3, -0.25) is 0 Å². The Morgan fingerprint density at radius 2 is 2.00 bits per heavy atom. The molecule has 1 atom stereocenters. The van der Waals surface area contributed by atoms with Crippen LogP contribution in [0.1, 0.15) is 20.8 Å². The predicted molar refractivity (Wildman–Crippen MR) is 46.2 cm³/mol. The van der Waals surface area contributed by atoms with Crippen molar-refractivity contribution < 1.29 is 23.4 Å². The molecule has 2 N–H and O–H groups in total. The molecule has 0 aliphatic heterocycles. The second kappa shape index (κ2) is 5.09. The van der Waals surface area contributed by atoms with Crippen molar-refractivity contribution in [3.8, 4) is 0 Å². The predicted octanol–water partition coefficient (Wildman–Crippen LogP) is 1.14. The molecule has 0 fully saturated rings. The van der Waals surface area contributed by atoms with E-state index in [1.165, 1.54) is 0 Å². The van der Waals surface area contributed by atoms with Crippen LogP contribution in [0.5, 0.6) is 0 Å². The zero-order chi connectivity index (χ0) is 11.4. The highest BCUT2D eigenvalue weighted by Gasteiger charge is 2.24. The second-order valence-corrected chi connectivity index (χ2v) is 3.77. The number of alkyl halides is 2. The van der Waals surface area contributed by atoms with Gasteiger partial charge in [-0.2, -0.15) is 0 Å². The summed E-state index contributed by atoms with van der Waals surface area (Å²) < 4.78 is 28.9. The number of amides is 1. The third-order valence-electron chi connectivity index (χ3n) is 1.20. The van der Waals surface area contributed by atoms with Crippen molar-refractivity contribution in [1.82, 2.24) is 5.32 Å². The molecule has 6 heteroatoms. The van der Waals surface area contributed by atoms with Crippen LogP contribution in [0.3, 0.4) is 0 Å². The highest BCUT2D eigenvalue weighted by molar-refractivity contribution is 5.68. The summed E-state index contributed by atoms with van der Waals surface area (Å²) in [6, 6.07) is -1.58. The third kappa shape index (κ3) is 5.69. The standard InChI is InChI=1S/C8H15F2NO3/c1-8(2,3)14-7(13)11-5(4-12)6(9)10/h5-6,12H,4H2,1-3H3,(H,11,13). The van der Waals surface area contributed by atoms with Gasteiger partial charge in [-0.25, -0.2) is 13.6 Å². The number of rotatable bonds is 3. The average molecular weight is 211 g/mol. The molecule has 0 aromatic heterocycles. The first-order valence-electron chi connectivity index (χ1n) is 4.15. The van der Waals surface area contributed by atoms with Gasteiger partial charge >= 0.3 is 6.09 Å². The van der Waals surface area contributed by atoms with E-state index in [4.69, 9.17) is 9.84 Å². The minimum atomic E-state index is -2.81. The van der Waals surface area contributed by atoms with E-state index in [2.05, 4.69) is 0 Å². The molecular formula is C8H15F2NO3. The summed E-state index contributed by atoms with van der Waals surface area (Å²) in [5.74, 6) is 0. The van der Waals surface area contributed by atoms with E-state index in [0.29, 0.717) is 0 Å². The fourth-order valence-electron chi connectivity index (χ4n) is 0.647. The van der Waals surface area contributed by atoms with Crippen LogP contribution in [-0.2, 0) is 4.74 Å². The maximum Gasteiger partial charge on any atom is 0.408 e. The van der Waals surface area contributed by atoms with Gasteiger partial charge in [0.25, 0.3) is 6.43 Å². The Hall–Kier alpha value is -0.910. The van der Waals surface area contributed by atoms with Crippen LogP contribution in [0.4, 0.5) is 13.6 Å². The van der Waals surface area contributed by atoms with Crippen molar-refractivity contribution in [2.75, 3.05) is 6.61 Å². The van der Waals surface area contributed by atoms with Crippen molar-refractivity contribution in [3.05, 3.63) is 0 Å². The number of aliphatic hydroxyl groups is 1. The van der Waals surface area contributed by atoms with Gasteiger partial charge in [0, 0.05) is 0 Å². The number of aliphatic hydroxyl groups excluding tert-OH is 1. The van der Waals surface area contributed by atoms with Crippen LogP contribution in [0.25, 0.3) is 0 Å². The minimum absolute atomic E-state index is 0.744. The summed E-state index contributed by atoms with van der Waals surface area (Å²) in [5.41, 5.74) is -0.744. The molecule has 0 aromatic rings. The van der Waals surface area contributed by atoms with Gasteiger partial charge in [0.15, 0.2) is 0 Å². The van der Waals surface area contributed by atoms with Gasteiger partial charge in [0.1, 0.15) is 11.6 Å². The smallest absolute Gasteiger partial charge is 0.408 e. The van der Waals surface area contributed by atoms with E-state index < -0.39 is 30.8 Å². The molecule has 0 aliphatic carbocycles. The number of hydrogen-bond acceptors (Lipinski definition) is 3. The van der Waals surface area contributed by atoms with Crippen LogP contribution in [0.15, 0.2) is 0 Å². The van der Waals surface area contributed by atoms with E-state index >= 15 is 0 Å². The fraction of sp³-hybridized carbons (Fsp3) is 0.875. The molecule has 1 unspecified atom stereocenters. The lowest BCUT2D eigenvalue weighted by Crippen LogP contribution is -2.44. The van der Waals surface area contributed by atoms with E-state index in [9.17, 15) is 13.6 Å². The molecule has 0 heterocycles. The molecule has 1 amide bonds. The Labute approximate surface area is 81.2 Å². The minimum Gasteiger partial charge on any atom is -0.444 e. The first kappa shape index (κ1) is 13.1. The summed E-state index contributed by atoms with van der Waals surface area (Å²) in [5, 5.41) is 10.4. The third-order valence-corrected chi connectivity index (χ3v) is 1.20. The number of alkyl carbamates (subject to hydrolysis) is 1. The normalized spacial score (nSPS) is 13.9. The maximum atomic E-state index is 12.1. The largest absolute Gasteiger partial charge is 0.444 e. The lowest BCUT2D eigenvalue weighted by Gasteiger charge is -2.22. The van der Waals surface area contributed by atoms with Crippen molar-refractivity contribution in [2.45, 2.75) is 38.8 Å². The number of halogens is 2. The Morgan fingerprint density at radius 3 is 2.29 bits per heavy atom. The molecule has 0 radical (unpaired) electrons. The quantitative estimate of drug-likeness (QED) is 0.735. The van der Waals surface area contributed by atoms with Gasteiger partial charge in [-0.1, -0.05) is 0 Å². The van der Waals surface area contributed by atoms with Gasteiger partial charge in [0.2, 0.25) is 0 Å². The number of hydrogen-bond donors (Lipinski definition) is 2. The topological polar surface area (TPSA) is 58.6 Å². The average Bonchev–Trinajstić information content (AvgIpc) is 1.96. The van der Waals surface area contributed by atoms with Gasteiger partial charge in [0.05, 0.1) is 6.61 Å². The van der Waals surface area contributed by atoms with Gasteiger partial charge in [-0.05, 0) is 20.8 Å². The van der Waals surface area contributed by atoms with Gasteiger partial charge in [-0.15, -0.1) is 0 Å². The Morgan fingerprint density at radius 1 is 1.50 bits per heavy atom. The molecule has 14 heavy (non-hydrogen) atoms.